The van der Waals surface area contributed by atoms with Crippen molar-refractivity contribution in [3.8, 4) is 11.9 Å². The number of amides is 1. The fourth-order valence-corrected chi connectivity index (χ4v) is 1.71. The fourth-order valence-electron chi connectivity index (χ4n) is 1.71. The van der Waals surface area contributed by atoms with Gasteiger partial charge >= 0.3 is 6.01 Å². The number of anilines is 1. The summed E-state index contributed by atoms with van der Waals surface area (Å²) in [7, 11) is 0. The van der Waals surface area contributed by atoms with Crippen LogP contribution in [-0.2, 0) is 11.3 Å². The molecule has 0 fully saturated rings. The third kappa shape index (κ3) is 4.50. The number of carbonyl (C=O) groups excluding carboxylic acids is 1. The topological polar surface area (TPSA) is 108 Å². The van der Waals surface area contributed by atoms with E-state index >= 15 is 0 Å². The smallest absolute Gasteiger partial charge is 0.319 e. The zero-order chi connectivity index (χ0) is 16.7. The SMILES string of the molecule is CCOc1ncc(NC(=O)Cn2ncccc2=O)c(OCC)n1. The maximum Gasteiger partial charge on any atom is 0.319 e. The first-order chi connectivity index (χ1) is 11.1. The summed E-state index contributed by atoms with van der Waals surface area (Å²) in [5, 5.41) is 6.41. The van der Waals surface area contributed by atoms with Crippen molar-refractivity contribution >= 4 is 11.6 Å². The van der Waals surface area contributed by atoms with Crippen LogP contribution in [0.5, 0.6) is 11.9 Å². The average molecular weight is 319 g/mol. The van der Waals surface area contributed by atoms with Crippen LogP contribution in [0.2, 0.25) is 0 Å². The number of ether oxygens (including phenoxy) is 2. The first kappa shape index (κ1) is 16.4. The van der Waals surface area contributed by atoms with Crippen LogP contribution in [-0.4, -0.2) is 38.9 Å². The maximum absolute atomic E-state index is 12.0. The molecule has 122 valence electrons. The van der Waals surface area contributed by atoms with E-state index in [1.807, 2.05) is 6.92 Å². The zero-order valence-corrected chi connectivity index (χ0v) is 12.9. The van der Waals surface area contributed by atoms with Gasteiger partial charge in [0.25, 0.3) is 5.56 Å². The molecule has 2 aromatic rings. The molecule has 0 bridgehead atoms. The lowest BCUT2D eigenvalue weighted by Crippen LogP contribution is -2.28. The summed E-state index contributed by atoms with van der Waals surface area (Å²) in [6.07, 6.45) is 2.82. The number of aromatic nitrogens is 4. The molecule has 2 rings (SSSR count). The summed E-state index contributed by atoms with van der Waals surface area (Å²) in [5.41, 5.74) is -0.0695. The fraction of sp³-hybridized carbons (Fsp3) is 0.357. The first-order valence-electron chi connectivity index (χ1n) is 7.08. The van der Waals surface area contributed by atoms with Crippen LogP contribution >= 0.6 is 0 Å². The van der Waals surface area contributed by atoms with Crippen LogP contribution in [0.4, 0.5) is 5.69 Å². The van der Waals surface area contributed by atoms with E-state index in [9.17, 15) is 9.59 Å². The van der Waals surface area contributed by atoms with Gasteiger partial charge in [-0.1, -0.05) is 0 Å². The van der Waals surface area contributed by atoms with E-state index in [-0.39, 0.29) is 24.0 Å². The van der Waals surface area contributed by atoms with Gasteiger partial charge in [0.05, 0.1) is 19.4 Å². The number of nitrogens with one attached hydrogen (secondary N) is 1. The van der Waals surface area contributed by atoms with E-state index in [4.69, 9.17) is 9.47 Å². The number of hydrogen-bond donors (Lipinski definition) is 1. The Balaban J connectivity index is 2.13. The molecule has 0 aliphatic heterocycles. The third-order valence-corrected chi connectivity index (χ3v) is 2.64. The molecule has 0 spiro atoms. The van der Waals surface area contributed by atoms with Gasteiger partial charge in [0.15, 0.2) is 0 Å². The molecule has 0 radical (unpaired) electrons. The Bertz CT molecular complexity index is 731. The van der Waals surface area contributed by atoms with Crippen molar-refractivity contribution in [3.05, 3.63) is 34.9 Å². The van der Waals surface area contributed by atoms with E-state index in [1.165, 1.54) is 24.5 Å². The Morgan fingerprint density at radius 2 is 2.09 bits per heavy atom. The van der Waals surface area contributed by atoms with E-state index in [0.29, 0.717) is 18.9 Å². The lowest BCUT2D eigenvalue weighted by molar-refractivity contribution is -0.117. The highest BCUT2D eigenvalue weighted by Gasteiger charge is 2.13. The molecule has 9 nitrogen and oxygen atoms in total. The lowest BCUT2D eigenvalue weighted by Gasteiger charge is -2.11. The third-order valence-electron chi connectivity index (χ3n) is 2.64. The van der Waals surface area contributed by atoms with E-state index < -0.39 is 5.91 Å². The quantitative estimate of drug-likeness (QED) is 0.790. The predicted octanol–water partition coefficient (Wildman–Crippen LogP) is 0.469. The number of rotatable bonds is 7. The minimum absolute atomic E-state index is 0.162. The van der Waals surface area contributed by atoms with Gasteiger partial charge in [0.2, 0.25) is 11.8 Å². The highest BCUT2D eigenvalue weighted by atomic mass is 16.5. The molecule has 0 aliphatic carbocycles. The molecule has 23 heavy (non-hydrogen) atoms. The largest absolute Gasteiger partial charge is 0.476 e. The van der Waals surface area contributed by atoms with Gasteiger partial charge in [-0.2, -0.15) is 10.1 Å². The van der Waals surface area contributed by atoms with E-state index in [1.54, 1.807) is 6.92 Å². The second-order valence-electron chi connectivity index (χ2n) is 4.31. The molecule has 9 heteroatoms. The normalized spacial score (nSPS) is 10.2. The molecule has 0 unspecified atom stereocenters. The summed E-state index contributed by atoms with van der Waals surface area (Å²) in [6.45, 7) is 4.16. The molecule has 1 amide bonds. The van der Waals surface area contributed by atoms with Gasteiger partial charge in [-0.3, -0.25) is 9.59 Å². The molecule has 0 saturated heterocycles. The Kier molecular flexibility index (Phi) is 5.61. The Morgan fingerprint density at radius 1 is 1.30 bits per heavy atom. The maximum atomic E-state index is 12.0. The minimum atomic E-state index is -0.445. The average Bonchev–Trinajstić information content (AvgIpc) is 2.53. The van der Waals surface area contributed by atoms with Crippen LogP contribution < -0.4 is 20.3 Å². The Morgan fingerprint density at radius 3 is 2.78 bits per heavy atom. The van der Waals surface area contributed by atoms with Crippen molar-refractivity contribution in [2.24, 2.45) is 0 Å². The van der Waals surface area contributed by atoms with Crippen molar-refractivity contribution < 1.29 is 14.3 Å². The Labute approximate surface area is 132 Å². The number of carbonyl (C=O) groups is 1. The van der Waals surface area contributed by atoms with Crippen molar-refractivity contribution in [2.45, 2.75) is 20.4 Å². The standard InChI is InChI=1S/C14H17N5O4/c1-3-22-13-10(8-15-14(18-13)23-4-2)17-11(20)9-19-12(21)6-5-7-16-19/h5-8H,3-4,9H2,1-2H3,(H,17,20). The van der Waals surface area contributed by atoms with Crippen LogP contribution in [0.1, 0.15) is 13.8 Å². The molecule has 2 aromatic heterocycles. The molecule has 0 aliphatic rings. The monoisotopic (exact) mass is 319 g/mol. The summed E-state index contributed by atoms with van der Waals surface area (Å²) in [6, 6.07) is 2.99. The Hall–Kier alpha value is -2.97. The van der Waals surface area contributed by atoms with E-state index in [2.05, 4.69) is 20.4 Å². The molecule has 0 atom stereocenters. The minimum Gasteiger partial charge on any atom is -0.476 e. The second kappa shape index (κ2) is 7.87. The molecule has 1 N–H and O–H groups in total. The van der Waals surface area contributed by atoms with Gasteiger partial charge in [0.1, 0.15) is 12.2 Å². The lowest BCUT2D eigenvalue weighted by atomic mass is 10.4. The van der Waals surface area contributed by atoms with Crippen LogP contribution in [0.25, 0.3) is 0 Å². The summed E-state index contributed by atoms with van der Waals surface area (Å²) in [5.74, 6) is -0.243. The van der Waals surface area contributed by atoms with Gasteiger partial charge in [0, 0.05) is 12.3 Å². The second-order valence-corrected chi connectivity index (χ2v) is 4.31. The van der Waals surface area contributed by atoms with Crippen molar-refractivity contribution in [1.82, 2.24) is 19.7 Å². The van der Waals surface area contributed by atoms with Crippen molar-refractivity contribution in [1.29, 1.82) is 0 Å². The molecular weight excluding hydrogens is 302 g/mol. The van der Waals surface area contributed by atoms with Crippen LogP contribution in [0, 0.1) is 0 Å². The highest BCUT2D eigenvalue weighted by Crippen LogP contribution is 2.23. The van der Waals surface area contributed by atoms with Crippen LogP contribution in [0.15, 0.2) is 29.3 Å². The number of hydrogen-bond acceptors (Lipinski definition) is 7. The van der Waals surface area contributed by atoms with Crippen molar-refractivity contribution in [3.63, 3.8) is 0 Å². The first-order valence-corrected chi connectivity index (χ1v) is 7.08. The predicted molar refractivity (Wildman–Crippen MR) is 81.5 cm³/mol. The van der Waals surface area contributed by atoms with Crippen LogP contribution in [0.3, 0.4) is 0 Å². The van der Waals surface area contributed by atoms with Crippen molar-refractivity contribution in [2.75, 3.05) is 18.5 Å². The molecule has 0 saturated carbocycles. The van der Waals surface area contributed by atoms with Gasteiger partial charge in [-0.15, -0.1) is 0 Å². The molecule has 0 aromatic carbocycles. The summed E-state index contributed by atoms with van der Waals surface area (Å²) in [4.78, 5) is 31.6. The summed E-state index contributed by atoms with van der Waals surface area (Å²) >= 11 is 0. The van der Waals surface area contributed by atoms with Gasteiger partial charge < -0.3 is 14.8 Å². The zero-order valence-electron chi connectivity index (χ0n) is 12.9. The number of nitrogens with zero attached hydrogens (tertiary/aromatic N) is 4. The molecule has 2 heterocycles. The van der Waals surface area contributed by atoms with Gasteiger partial charge in [-0.25, -0.2) is 9.67 Å². The molecular formula is C14H17N5O4. The highest BCUT2D eigenvalue weighted by molar-refractivity contribution is 5.91. The van der Waals surface area contributed by atoms with E-state index in [0.717, 1.165) is 4.68 Å². The summed E-state index contributed by atoms with van der Waals surface area (Å²) < 4.78 is 11.6. The van der Waals surface area contributed by atoms with Gasteiger partial charge in [-0.05, 0) is 19.9 Å².